The minimum absolute atomic E-state index is 0.311. The molecule has 1 saturated heterocycles. The second-order valence-corrected chi connectivity index (χ2v) is 7.62. The van der Waals surface area contributed by atoms with E-state index in [1.807, 2.05) is 27.0 Å². The second kappa shape index (κ2) is 6.07. The van der Waals surface area contributed by atoms with Gasteiger partial charge in [-0.1, -0.05) is 18.2 Å². The number of morpholine rings is 1. The average Bonchev–Trinajstić information content (AvgIpc) is 2.81. The molecule has 0 amide bonds. The maximum absolute atomic E-state index is 13.0. The molecule has 1 fully saturated rings. The fourth-order valence-electron chi connectivity index (χ4n) is 3.10. The SMILES string of the molecule is Cc1nn(C)c(C)c1[C@H]1COCCN1S(=O)(=O)c1ccccc1. The van der Waals surface area contributed by atoms with E-state index in [9.17, 15) is 8.42 Å². The van der Waals surface area contributed by atoms with Gasteiger partial charge in [0.1, 0.15) is 0 Å². The molecule has 1 atom stereocenters. The zero-order valence-corrected chi connectivity index (χ0v) is 14.4. The van der Waals surface area contributed by atoms with Gasteiger partial charge in [-0.2, -0.15) is 9.40 Å². The highest BCUT2D eigenvalue weighted by molar-refractivity contribution is 7.89. The van der Waals surface area contributed by atoms with Crippen molar-refractivity contribution in [2.75, 3.05) is 19.8 Å². The molecule has 3 rings (SSSR count). The largest absolute Gasteiger partial charge is 0.378 e. The monoisotopic (exact) mass is 335 g/mol. The van der Waals surface area contributed by atoms with E-state index in [0.29, 0.717) is 24.7 Å². The van der Waals surface area contributed by atoms with Crippen LogP contribution >= 0.6 is 0 Å². The molecule has 1 aromatic carbocycles. The van der Waals surface area contributed by atoms with Crippen LogP contribution in [-0.2, 0) is 21.8 Å². The molecule has 0 spiro atoms. The topological polar surface area (TPSA) is 64.4 Å². The molecule has 0 unspecified atom stereocenters. The lowest BCUT2D eigenvalue weighted by Crippen LogP contribution is -2.43. The van der Waals surface area contributed by atoms with E-state index < -0.39 is 10.0 Å². The molecule has 0 aliphatic carbocycles. The number of hydrogen-bond acceptors (Lipinski definition) is 4. The van der Waals surface area contributed by atoms with E-state index in [-0.39, 0.29) is 6.04 Å². The van der Waals surface area contributed by atoms with Crippen molar-refractivity contribution in [2.24, 2.45) is 7.05 Å². The zero-order chi connectivity index (χ0) is 16.6. The van der Waals surface area contributed by atoms with Gasteiger partial charge in [0.05, 0.1) is 29.8 Å². The number of ether oxygens (including phenoxy) is 1. The van der Waals surface area contributed by atoms with Crippen LogP contribution in [0.1, 0.15) is 23.0 Å². The van der Waals surface area contributed by atoms with Gasteiger partial charge in [0.2, 0.25) is 10.0 Å². The van der Waals surface area contributed by atoms with E-state index in [1.54, 1.807) is 33.3 Å². The third kappa shape index (κ3) is 2.80. The summed E-state index contributed by atoms with van der Waals surface area (Å²) in [6.45, 7) is 4.96. The van der Waals surface area contributed by atoms with Gasteiger partial charge < -0.3 is 4.74 Å². The standard InChI is InChI=1S/C16H21N3O3S/c1-12-16(13(2)18(3)17-12)15-11-22-10-9-19(15)23(20,21)14-7-5-4-6-8-14/h4-8,15H,9-11H2,1-3H3/t15-/m1/s1. The lowest BCUT2D eigenvalue weighted by atomic mass is 10.0. The summed E-state index contributed by atoms with van der Waals surface area (Å²) in [6.07, 6.45) is 0. The lowest BCUT2D eigenvalue weighted by molar-refractivity contribution is 0.0316. The molecular formula is C16H21N3O3S. The van der Waals surface area contributed by atoms with Crippen molar-refractivity contribution >= 4 is 10.0 Å². The van der Waals surface area contributed by atoms with E-state index in [2.05, 4.69) is 5.10 Å². The zero-order valence-electron chi connectivity index (χ0n) is 13.6. The van der Waals surface area contributed by atoms with Gasteiger partial charge in [-0.25, -0.2) is 8.42 Å². The molecule has 1 aliphatic heterocycles. The summed E-state index contributed by atoms with van der Waals surface area (Å²) in [7, 11) is -1.70. The van der Waals surface area contributed by atoms with Crippen LogP contribution < -0.4 is 0 Å². The number of aromatic nitrogens is 2. The molecule has 7 heteroatoms. The van der Waals surface area contributed by atoms with Gasteiger partial charge in [0, 0.05) is 24.8 Å². The van der Waals surface area contributed by atoms with Gasteiger partial charge >= 0.3 is 0 Å². The molecule has 0 N–H and O–H groups in total. The number of rotatable bonds is 3. The quantitative estimate of drug-likeness (QED) is 0.858. The summed E-state index contributed by atoms with van der Waals surface area (Å²) in [4.78, 5) is 0.311. The van der Waals surface area contributed by atoms with Gasteiger partial charge in [-0.3, -0.25) is 4.68 Å². The van der Waals surface area contributed by atoms with Crippen LogP contribution in [-0.4, -0.2) is 42.3 Å². The smallest absolute Gasteiger partial charge is 0.243 e. The predicted octanol–water partition coefficient (Wildman–Crippen LogP) is 1.80. The van der Waals surface area contributed by atoms with Crippen LogP contribution in [0.4, 0.5) is 0 Å². The van der Waals surface area contributed by atoms with Crippen LogP contribution in [0.15, 0.2) is 35.2 Å². The number of hydrogen-bond donors (Lipinski definition) is 0. The molecule has 1 aliphatic rings. The first kappa shape index (κ1) is 16.2. The van der Waals surface area contributed by atoms with Crippen molar-refractivity contribution < 1.29 is 13.2 Å². The summed E-state index contributed by atoms with van der Waals surface area (Å²) >= 11 is 0. The highest BCUT2D eigenvalue weighted by atomic mass is 32.2. The Morgan fingerprint density at radius 3 is 2.52 bits per heavy atom. The van der Waals surface area contributed by atoms with Crippen molar-refractivity contribution in [1.29, 1.82) is 0 Å². The molecule has 0 radical (unpaired) electrons. The van der Waals surface area contributed by atoms with Crippen molar-refractivity contribution in [2.45, 2.75) is 24.8 Å². The van der Waals surface area contributed by atoms with Crippen LogP contribution in [0.5, 0.6) is 0 Å². The molecular weight excluding hydrogens is 314 g/mol. The van der Waals surface area contributed by atoms with Crippen molar-refractivity contribution in [1.82, 2.24) is 14.1 Å². The molecule has 124 valence electrons. The van der Waals surface area contributed by atoms with Crippen molar-refractivity contribution in [3.05, 3.63) is 47.3 Å². The third-order valence-corrected chi connectivity index (χ3v) is 6.25. The number of sulfonamides is 1. The van der Waals surface area contributed by atoms with Crippen LogP contribution in [0.2, 0.25) is 0 Å². The summed E-state index contributed by atoms with van der Waals surface area (Å²) in [5.41, 5.74) is 2.74. The lowest BCUT2D eigenvalue weighted by Gasteiger charge is -2.35. The maximum Gasteiger partial charge on any atom is 0.243 e. The second-order valence-electron chi connectivity index (χ2n) is 5.73. The minimum Gasteiger partial charge on any atom is -0.378 e. The summed E-state index contributed by atoms with van der Waals surface area (Å²) in [6, 6.07) is 8.20. The van der Waals surface area contributed by atoms with Gasteiger partial charge in [-0.05, 0) is 26.0 Å². The molecule has 2 heterocycles. The Morgan fingerprint density at radius 1 is 1.22 bits per heavy atom. The Balaban J connectivity index is 2.06. The summed E-state index contributed by atoms with van der Waals surface area (Å²) in [5.74, 6) is 0. The van der Waals surface area contributed by atoms with Crippen molar-refractivity contribution in [3.8, 4) is 0 Å². The maximum atomic E-state index is 13.0. The molecule has 6 nitrogen and oxygen atoms in total. The Bertz CT molecular complexity index is 799. The fraction of sp³-hybridized carbons (Fsp3) is 0.438. The van der Waals surface area contributed by atoms with Gasteiger partial charge in [0.15, 0.2) is 0 Å². The van der Waals surface area contributed by atoms with Crippen LogP contribution in [0.25, 0.3) is 0 Å². The average molecular weight is 335 g/mol. The first-order valence-corrected chi connectivity index (χ1v) is 9.01. The summed E-state index contributed by atoms with van der Waals surface area (Å²) < 4.78 is 35.0. The Labute approximate surface area is 136 Å². The van der Waals surface area contributed by atoms with Gasteiger partial charge in [-0.15, -0.1) is 0 Å². The van der Waals surface area contributed by atoms with Crippen LogP contribution in [0, 0.1) is 13.8 Å². The third-order valence-electron chi connectivity index (χ3n) is 4.33. The molecule has 0 bridgehead atoms. The number of benzene rings is 1. The number of nitrogens with zero attached hydrogens (tertiary/aromatic N) is 3. The fourth-order valence-corrected chi connectivity index (χ4v) is 4.69. The normalized spacial score (nSPS) is 19.9. The highest BCUT2D eigenvalue weighted by Crippen LogP contribution is 2.33. The highest BCUT2D eigenvalue weighted by Gasteiger charge is 2.37. The van der Waals surface area contributed by atoms with E-state index in [1.165, 1.54) is 0 Å². The molecule has 2 aromatic rings. The van der Waals surface area contributed by atoms with E-state index in [0.717, 1.165) is 17.0 Å². The first-order valence-electron chi connectivity index (χ1n) is 7.57. The molecule has 0 saturated carbocycles. The Morgan fingerprint density at radius 2 is 1.91 bits per heavy atom. The molecule has 1 aromatic heterocycles. The van der Waals surface area contributed by atoms with Gasteiger partial charge in [0.25, 0.3) is 0 Å². The van der Waals surface area contributed by atoms with E-state index in [4.69, 9.17) is 4.74 Å². The van der Waals surface area contributed by atoms with E-state index >= 15 is 0 Å². The first-order chi connectivity index (χ1) is 10.9. The minimum atomic E-state index is -3.57. The van der Waals surface area contributed by atoms with Crippen LogP contribution in [0.3, 0.4) is 0 Å². The predicted molar refractivity (Wildman–Crippen MR) is 86.6 cm³/mol. The Kier molecular flexibility index (Phi) is 4.27. The summed E-state index contributed by atoms with van der Waals surface area (Å²) in [5, 5.41) is 4.41. The Hall–Kier alpha value is -1.70. The molecule has 23 heavy (non-hydrogen) atoms. The van der Waals surface area contributed by atoms with Crippen molar-refractivity contribution in [3.63, 3.8) is 0 Å². The number of aryl methyl sites for hydroxylation is 2.